The summed E-state index contributed by atoms with van der Waals surface area (Å²) in [4.78, 5) is 18.4. The number of esters is 1. The summed E-state index contributed by atoms with van der Waals surface area (Å²) in [6.45, 7) is 17.0. The molecule has 2 unspecified atom stereocenters. The molecule has 0 aromatic rings. The van der Waals surface area contributed by atoms with Crippen LogP contribution in [0.3, 0.4) is 0 Å². The van der Waals surface area contributed by atoms with Gasteiger partial charge < -0.3 is 9.47 Å². The first-order valence-corrected chi connectivity index (χ1v) is 17.0. The molecule has 2 atom stereocenters. The fourth-order valence-corrected chi connectivity index (χ4v) is 7.21. The van der Waals surface area contributed by atoms with Crippen LogP contribution in [0.15, 0.2) is 0 Å². The normalized spacial score (nSPS) is 25.9. The van der Waals surface area contributed by atoms with Crippen molar-refractivity contribution in [2.45, 2.75) is 170 Å². The SMILES string of the molecule is CCCCCCCCCC(C(=O)OCCOC1CCC(C(C)(C)C)CC1)C(CC1CCC(C(C)(C)C)CC1)OO. The van der Waals surface area contributed by atoms with Crippen LogP contribution in [0.4, 0.5) is 0 Å². The van der Waals surface area contributed by atoms with Crippen molar-refractivity contribution in [2.75, 3.05) is 13.2 Å². The summed E-state index contributed by atoms with van der Waals surface area (Å²) in [7, 11) is 0. The average molecular weight is 567 g/mol. The standard InChI is InChI=1S/C35H66O5/c1-8-9-10-11-12-13-14-15-31(32(40-37)26-27-16-18-28(19-17-27)34(2,3)4)33(36)39-25-24-38-30-22-20-29(21-23-30)35(5,6)7/h27-32,37H,8-26H2,1-7H3. The molecule has 0 amide bonds. The van der Waals surface area contributed by atoms with Gasteiger partial charge in [0.15, 0.2) is 0 Å². The molecule has 40 heavy (non-hydrogen) atoms. The van der Waals surface area contributed by atoms with E-state index in [0.29, 0.717) is 29.8 Å². The summed E-state index contributed by atoms with van der Waals surface area (Å²) in [6, 6.07) is 0. The van der Waals surface area contributed by atoms with Crippen molar-refractivity contribution in [3.05, 3.63) is 0 Å². The van der Waals surface area contributed by atoms with Crippen molar-refractivity contribution in [3.8, 4) is 0 Å². The topological polar surface area (TPSA) is 65.0 Å². The molecule has 0 radical (unpaired) electrons. The molecule has 236 valence electrons. The molecule has 2 aliphatic rings. The molecule has 0 spiro atoms. The third-order valence-electron chi connectivity index (χ3n) is 10.2. The predicted octanol–water partition coefficient (Wildman–Crippen LogP) is 10.0. The summed E-state index contributed by atoms with van der Waals surface area (Å²) in [5.41, 5.74) is 0.706. The van der Waals surface area contributed by atoms with E-state index < -0.39 is 12.0 Å². The first kappa shape index (κ1) is 35.5. The van der Waals surface area contributed by atoms with Gasteiger partial charge in [-0.1, -0.05) is 106 Å². The predicted molar refractivity (Wildman–Crippen MR) is 165 cm³/mol. The Morgan fingerprint density at radius 3 is 1.80 bits per heavy atom. The highest BCUT2D eigenvalue weighted by atomic mass is 17.1. The first-order chi connectivity index (χ1) is 19.0. The van der Waals surface area contributed by atoms with E-state index in [1.54, 1.807) is 0 Å². The Morgan fingerprint density at radius 1 is 0.750 bits per heavy atom. The van der Waals surface area contributed by atoms with E-state index >= 15 is 0 Å². The summed E-state index contributed by atoms with van der Waals surface area (Å²) in [5, 5.41) is 9.94. The smallest absolute Gasteiger partial charge is 0.311 e. The second-order valence-corrected chi connectivity index (χ2v) is 15.4. The third-order valence-corrected chi connectivity index (χ3v) is 10.2. The molecule has 0 aromatic carbocycles. The fourth-order valence-electron chi connectivity index (χ4n) is 7.21. The van der Waals surface area contributed by atoms with E-state index in [0.717, 1.165) is 56.8 Å². The van der Waals surface area contributed by atoms with Gasteiger partial charge in [0.1, 0.15) is 12.7 Å². The van der Waals surface area contributed by atoms with Crippen LogP contribution in [-0.4, -0.2) is 36.6 Å². The molecule has 0 heterocycles. The van der Waals surface area contributed by atoms with Crippen LogP contribution in [-0.2, 0) is 19.2 Å². The molecule has 2 fully saturated rings. The van der Waals surface area contributed by atoms with Crippen molar-refractivity contribution < 1.29 is 24.4 Å². The van der Waals surface area contributed by atoms with Crippen molar-refractivity contribution in [2.24, 2.45) is 34.5 Å². The lowest BCUT2D eigenvalue weighted by Gasteiger charge is -2.38. The van der Waals surface area contributed by atoms with Crippen molar-refractivity contribution in [1.29, 1.82) is 0 Å². The number of carbonyl (C=O) groups excluding carboxylic acids is 1. The monoisotopic (exact) mass is 566 g/mol. The van der Waals surface area contributed by atoms with E-state index in [1.165, 1.54) is 57.8 Å². The van der Waals surface area contributed by atoms with Gasteiger partial charge in [-0.15, -0.1) is 0 Å². The van der Waals surface area contributed by atoms with Gasteiger partial charge in [0.25, 0.3) is 0 Å². The van der Waals surface area contributed by atoms with Crippen molar-refractivity contribution >= 4 is 5.97 Å². The van der Waals surface area contributed by atoms with Gasteiger partial charge in [-0.3, -0.25) is 10.1 Å². The number of hydrogen-bond donors (Lipinski definition) is 1. The Labute approximate surface area is 247 Å². The molecule has 2 aliphatic carbocycles. The van der Waals surface area contributed by atoms with E-state index in [4.69, 9.17) is 14.4 Å². The molecule has 5 heteroatoms. The quantitative estimate of drug-likeness (QED) is 0.0821. The maximum Gasteiger partial charge on any atom is 0.311 e. The van der Waals surface area contributed by atoms with Crippen LogP contribution in [0.1, 0.15) is 158 Å². The van der Waals surface area contributed by atoms with Crippen molar-refractivity contribution in [3.63, 3.8) is 0 Å². The molecule has 5 nitrogen and oxygen atoms in total. The van der Waals surface area contributed by atoms with Crippen LogP contribution < -0.4 is 0 Å². The summed E-state index contributed by atoms with van der Waals surface area (Å²) >= 11 is 0. The highest BCUT2D eigenvalue weighted by molar-refractivity contribution is 5.73. The Bertz CT molecular complexity index is 662. The molecular formula is C35H66O5. The van der Waals surface area contributed by atoms with Crippen LogP contribution in [0.5, 0.6) is 0 Å². The van der Waals surface area contributed by atoms with E-state index in [1.807, 2.05) is 0 Å². The number of unbranched alkanes of at least 4 members (excludes halogenated alkanes) is 6. The second kappa shape index (κ2) is 18.1. The zero-order valence-corrected chi connectivity index (χ0v) is 27.5. The van der Waals surface area contributed by atoms with E-state index in [-0.39, 0.29) is 18.7 Å². The van der Waals surface area contributed by atoms with Gasteiger partial charge >= 0.3 is 5.97 Å². The number of ether oxygens (including phenoxy) is 2. The molecule has 0 bridgehead atoms. The molecule has 2 saturated carbocycles. The van der Waals surface area contributed by atoms with Crippen molar-refractivity contribution in [1.82, 2.24) is 0 Å². The van der Waals surface area contributed by atoms with E-state index in [2.05, 4.69) is 48.5 Å². The molecule has 1 N–H and O–H groups in total. The number of carbonyl (C=O) groups is 1. The summed E-state index contributed by atoms with van der Waals surface area (Å²) in [6.07, 6.45) is 18.9. The number of rotatable bonds is 17. The average Bonchev–Trinajstić information content (AvgIpc) is 2.91. The van der Waals surface area contributed by atoms with Gasteiger partial charge in [0.05, 0.1) is 18.6 Å². The van der Waals surface area contributed by atoms with Gasteiger partial charge in [-0.05, 0) is 80.0 Å². The van der Waals surface area contributed by atoms with Gasteiger partial charge in [0.2, 0.25) is 0 Å². The zero-order chi connectivity index (χ0) is 29.6. The molecule has 2 rings (SSSR count). The lowest BCUT2D eigenvalue weighted by molar-refractivity contribution is -0.294. The Balaban J connectivity index is 1.83. The lowest BCUT2D eigenvalue weighted by Crippen LogP contribution is -2.35. The van der Waals surface area contributed by atoms with E-state index in [9.17, 15) is 10.1 Å². The highest BCUT2D eigenvalue weighted by Crippen LogP contribution is 2.42. The second-order valence-electron chi connectivity index (χ2n) is 15.4. The summed E-state index contributed by atoms with van der Waals surface area (Å²) in [5.74, 6) is 1.36. The summed E-state index contributed by atoms with van der Waals surface area (Å²) < 4.78 is 11.9. The Morgan fingerprint density at radius 2 is 1.27 bits per heavy atom. The van der Waals surface area contributed by atoms with Crippen LogP contribution in [0.25, 0.3) is 0 Å². The Hall–Kier alpha value is -0.650. The van der Waals surface area contributed by atoms with Crippen LogP contribution in [0, 0.1) is 34.5 Å². The third kappa shape index (κ3) is 13.1. The minimum atomic E-state index is -0.489. The van der Waals surface area contributed by atoms with Gasteiger partial charge in [0, 0.05) is 0 Å². The fraction of sp³-hybridized carbons (Fsp3) is 0.971. The lowest BCUT2D eigenvalue weighted by atomic mass is 9.68. The van der Waals surface area contributed by atoms with Gasteiger partial charge in [-0.25, -0.2) is 4.89 Å². The molecule has 0 aromatic heterocycles. The van der Waals surface area contributed by atoms with Gasteiger partial charge in [-0.2, -0.15) is 0 Å². The molecular weight excluding hydrogens is 500 g/mol. The first-order valence-electron chi connectivity index (χ1n) is 17.0. The largest absolute Gasteiger partial charge is 0.463 e. The van der Waals surface area contributed by atoms with Crippen LogP contribution >= 0.6 is 0 Å². The molecule has 0 saturated heterocycles. The Kier molecular flexibility index (Phi) is 16.1. The molecule has 0 aliphatic heterocycles. The van der Waals surface area contributed by atoms with Crippen LogP contribution in [0.2, 0.25) is 0 Å². The number of hydrogen-bond acceptors (Lipinski definition) is 5. The zero-order valence-electron chi connectivity index (χ0n) is 27.5. The maximum atomic E-state index is 13.3. The highest BCUT2D eigenvalue weighted by Gasteiger charge is 2.36. The minimum absolute atomic E-state index is 0.228. The minimum Gasteiger partial charge on any atom is -0.463 e. The maximum absolute atomic E-state index is 13.3.